The summed E-state index contributed by atoms with van der Waals surface area (Å²) in [5.41, 5.74) is 0.699. The molecule has 1 aromatic rings. The second kappa shape index (κ2) is 6.44. The molecule has 1 aromatic carbocycles. The molecule has 1 unspecified atom stereocenters. The number of methoxy groups -OCH3 is 1. The number of carbonyl (C=O) groups is 1. The predicted molar refractivity (Wildman–Crippen MR) is 64.8 cm³/mol. The molecule has 0 radical (unpaired) electrons. The van der Waals surface area contributed by atoms with Crippen molar-refractivity contribution >= 4 is 23.3 Å². The van der Waals surface area contributed by atoms with Crippen molar-refractivity contribution in [3.63, 3.8) is 0 Å². The highest BCUT2D eigenvalue weighted by molar-refractivity contribution is 6.33. The van der Waals surface area contributed by atoms with E-state index < -0.39 is 12.1 Å². The van der Waals surface area contributed by atoms with Crippen molar-refractivity contribution in [2.75, 3.05) is 25.6 Å². The topological polar surface area (TPSA) is 78.8 Å². The summed E-state index contributed by atoms with van der Waals surface area (Å²) in [6.07, 6.45) is -0.627. The van der Waals surface area contributed by atoms with Gasteiger partial charge in [-0.05, 0) is 18.2 Å². The molecule has 17 heavy (non-hydrogen) atoms. The minimum Gasteiger partial charge on any atom is -0.478 e. The van der Waals surface area contributed by atoms with Crippen LogP contribution in [0.1, 0.15) is 10.4 Å². The van der Waals surface area contributed by atoms with Crippen molar-refractivity contribution in [2.24, 2.45) is 0 Å². The standard InChI is InChI=1S/C11H14ClNO4/c1-17-6-8(14)5-13-7-2-3-9(11(15)16)10(12)4-7/h2-4,8,13-14H,5-6H2,1H3,(H,15,16). The fourth-order valence-electron chi connectivity index (χ4n) is 1.29. The van der Waals surface area contributed by atoms with E-state index in [1.807, 2.05) is 0 Å². The number of ether oxygens (including phenoxy) is 1. The number of anilines is 1. The largest absolute Gasteiger partial charge is 0.478 e. The summed E-state index contributed by atoms with van der Waals surface area (Å²) in [6, 6.07) is 4.51. The third kappa shape index (κ3) is 4.22. The fraction of sp³-hybridized carbons (Fsp3) is 0.364. The molecular formula is C11H14ClNO4. The van der Waals surface area contributed by atoms with Gasteiger partial charge in [-0.15, -0.1) is 0 Å². The van der Waals surface area contributed by atoms with Gasteiger partial charge < -0.3 is 20.3 Å². The summed E-state index contributed by atoms with van der Waals surface area (Å²) in [5.74, 6) is -1.07. The van der Waals surface area contributed by atoms with Crippen molar-refractivity contribution in [3.8, 4) is 0 Å². The lowest BCUT2D eigenvalue weighted by Crippen LogP contribution is -2.24. The van der Waals surface area contributed by atoms with Gasteiger partial charge in [0.05, 0.1) is 23.3 Å². The second-order valence-electron chi connectivity index (χ2n) is 3.49. The van der Waals surface area contributed by atoms with E-state index in [4.69, 9.17) is 21.4 Å². The third-order valence-electron chi connectivity index (χ3n) is 2.10. The average molecular weight is 260 g/mol. The third-order valence-corrected chi connectivity index (χ3v) is 2.41. The highest BCUT2D eigenvalue weighted by Crippen LogP contribution is 2.20. The zero-order valence-corrected chi connectivity index (χ0v) is 10.1. The molecule has 0 aliphatic rings. The van der Waals surface area contributed by atoms with Crippen molar-refractivity contribution in [1.29, 1.82) is 0 Å². The quantitative estimate of drug-likeness (QED) is 0.721. The fourth-order valence-corrected chi connectivity index (χ4v) is 1.55. The minimum absolute atomic E-state index is 0.0506. The molecule has 5 nitrogen and oxygen atoms in total. The zero-order chi connectivity index (χ0) is 12.8. The first-order chi connectivity index (χ1) is 8.04. The van der Waals surface area contributed by atoms with E-state index in [2.05, 4.69) is 5.32 Å². The van der Waals surface area contributed by atoms with Crippen molar-refractivity contribution in [1.82, 2.24) is 0 Å². The molecule has 0 amide bonds. The Kier molecular flexibility index (Phi) is 5.21. The number of carboxylic acids is 1. The summed E-state index contributed by atoms with van der Waals surface area (Å²) >= 11 is 5.79. The lowest BCUT2D eigenvalue weighted by molar-refractivity contribution is 0.0696. The van der Waals surface area contributed by atoms with Crippen molar-refractivity contribution in [3.05, 3.63) is 28.8 Å². The van der Waals surface area contributed by atoms with Gasteiger partial charge in [0.2, 0.25) is 0 Å². The summed E-state index contributed by atoms with van der Waals surface area (Å²) in [6.45, 7) is 0.532. The van der Waals surface area contributed by atoms with Crippen LogP contribution in [-0.2, 0) is 4.74 Å². The van der Waals surface area contributed by atoms with Gasteiger partial charge in [0.1, 0.15) is 0 Å². The Morgan fingerprint density at radius 1 is 1.59 bits per heavy atom. The number of rotatable bonds is 6. The normalized spacial score (nSPS) is 12.2. The molecule has 94 valence electrons. The SMILES string of the molecule is COCC(O)CNc1ccc(C(=O)O)c(Cl)c1. The summed E-state index contributed by atoms with van der Waals surface area (Å²) in [5, 5.41) is 21.3. The van der Waals surface area contributed by atoms with E-state index in [0.717, 1.165) is 0 Å². The lowest BCUT2D eigenvalue weighted by atomic mass is 10.2. The monoisotopic (exact) mass is 259 g/mol. The first kappa shape index (κ1) is 13.8. The van der Waals surface area contributed by atoms with Crippen LogP contribution in [0, 0.1) is 0 Å². The number of aromatic carboxylic acids is 1. The molecule has 1 atom stereocenters. The van der Waals surface area contributed by atoms with Gasteiger partial charge in [-0.3, -0.25) is 0 Å². The molecule has 0 aromatic heterocycles. The summed E-state index contributed by atoms with van der Waals surface area (Å²) in [4.78, 5) is 10.7. The Morgan fingerprint density at radius 2 is 2.29 bits per heavy atom. The lowest BCUT2D eigenvalue weighted by Gasteiger charge is -2.12. The van der Waals surface area contributed by atoms with Crippen LogP contribution in [-0.4, -0.2) is 42.5 Å². The van der Waals surface area contributed by atoms with Gasteiger partial charge >= 0.3 is 5.97 Å². The van der Waals surface area contributed by atoms with Crippen LogP contribution in [0.15, 0.2) is 18.2 Å². The molecule has 0 fully saturated rings. The van der Waals surface area contributed by atoms with Crippen LogP contribution < -0.4 is 5.32 Å². The Bertz CT molecular complexity index is 397. The minimum atomic E-state index is -1.07. The van der Waals surface area contributed by atoms with Gasteiger partial charge in [0, 0.05) is 19.3 Å². The Labute approximate surface area is 104 Å². The number of hydrogen-bond acceptors (Lipinski definition) is 4. The van der Waals surface area contributed by atoms with Gasteiger partial charge in [0.15, 0.2) is 0 Å². The number of nitrogens with one attached hydrogen (secondary N) is 1. The maximum Gasteiger partial charge on any atom is 0.337 e. The molecule has 0 aliphatic heterocycles. The first-order valence-corrected chi connectivity index (χ1v) is 5.36. The average Bonchev–Trinajstić information content (AvgIpc) is 2.26. The van der Waals surface area contributed by atoms with Gasteiger partial charge in [0.25, 0.3) is 0 Å². The highest BCUT2D eigenvalue weighted by atomic mass is 35.5. The molecule has 0 saturated carbocycles. The Morgan fingerprint density at radius 3 is 2.82 bits per heavy atom. The molecule has 3 N–H and O–H groups in total. The molecule has 0 heterocycles. The molecular weight excluding hydrogens is 246 g/mol. The van der Waals surface area contributed by atoms with E-state index in [9.17, 15) is 9.90 Å². The van der Waals surface area contributed by atoms with Crippen LogP contribution >= 0.6 is 11.6 Å². The van der Waals surface area contributed by atoms with Gasteiger partial charge in [-0.25, -0.2) is 4.79 Å². The number of carboxylic acid groups (broad SMARTS) is 1. The zero-order valence-electron chi connectivity index (χ0n) is 9.31. The smallest absolute Gasteiger partial charge is 0.337 e. The molecule has 0 bridgehead atoms. The molecule has 6 heteroatoms. The summed E-state index contributed by atoms with van der Waals surface area (Å²) < 4.78 is 4.77. The number of aliphatic hydroxyl groups is 1. The molecule has 0 spiro atoms. The molecule has 0 saturated heterocycles. The summed E-state index contributed by atoms with van der Waals surface area (Å²) in [7, 11) is 1.50. The first-order valence-electron chi connectivity index (χ1n) is 4.98. The maximum atomic E-state index is 10.7. The van der Waals surface area contributed by atoms with Crippen LogP contribution in [0.3, 0.4) is 0 Å². The Balaban J connectivity index is 2.62. The Hall–Kier alpha value is -1.30. The van der Waals surface area contributed by atoms with E-state index in [1.165, 1.54) is 19.2 Å². The van der Waals surface area contributed by atoms with E-state index in [1.54, 1.807) is 6.07 Å². The van der Waals surface area contributed by atoms with E-state index >= 15 is 0 Å². The van der Waals surface area contributed by atoms with E-state index in [-0.39, 0.29) is 17.2 Å². The number of halogens is 1. The maximum absolute atomic E-state index is 10.7. The van der Waals surface area contributed by atoms with Gasteiger partial charge in [-0.1, -0.05) is 11.6 Å². The van der Waals surface area contributed by atoms with Crippen LogP contribution in [0.4, 0.5) is 5.69 Å². The molecule has 0 aliphatic carbocycles. The molecule has 1 rings (SSSR count). The highest BCUT2D eigenvalue weighted by Gasteiger charge is 2.09. The van der Waals surface area contributed by atoms with E-state index in [0.29, 0.717) is 12.2 Å². The van der Waals surface area contributed by atoms with Crippen LogP contribution in [0.2, 0.25) is 5.02 Å². The van der Waals surface area contributed by atoms with Crippen molar-refractivity contribution < 1.29 is 19.7 Å². The number of aliphatic hydroxyl groups excluding tert-OH is 1. The number of benzene rings is 1. The van der Waals surface area contributed by atoms with Crippen LogP contribution in [0.25, 0.3) is 0 Å². The van der Waals surface area contributed by atoms with Crippen LogP contribution in [0.5, 0.6) is 0 Å². The predicted octanol–water partition coefficient (Wildman–Crippen LogP) is 1.46. The van der Waals surface area contributed by atoms with Crippen molar-refractivity contribution in [2.45, 2.75) is 6.10 Å². The second-order valence-corrected chi connectivity index (χ2v) is 3.90. The number of hydrogen-bond donors (Lipinski definition) is 3. The van der Waals surface area contributed by atoms with Gasteiger partial charge in [-0.2, -0.15) is 0 Å².